The van der Waals surface area contributed by atoms with Crippen LogP contribution in [0.2, 0.25) is 0 Å². The molecule has 2 N–H and O–H groups in total. The highest BCUT2D eigenvalue weighted by Crippen LogP contribution is 2.04. The van der Waals surface area contributed by atoms with Gasteiger partial charge in [0.15, 0.2) is 0 Å². The molecule has 1 unspecified atom stereocenters. The number of hydrogen-bond acceptors (Lipinski definition) is 4. The van der Waals surface area contributed by atoms with Crippen molar-refractivity contribution in [3.05, 3.63) is 0 Å². The molecule has 0 aliphatic carbocycles. The average molecular weight is 266 g/mol. The molecular weight excluding hydrogens is 244 g/mol. The Morgan fingerprint density at radius 3 is 2.35 bits per heavy atom. The summed E-state index contributed by atoms with van der Waals surface area (Å²) in [6.45, 7) is 6.18. The SMILES string of the molecule is CCOC(=O)NC(CNS(C)(=O)=O)CC(C)C. The third-order valence-corrected chi connectivity index (χ3v) is 2.64. The second-order valence-corrected chi connectivity index (χ2v) is 6.14. The van der Waals surface area contributed by atoms with Gasteiger partial charge >= 0.3 is 6.09 Å². The fourth-order valence-corrected chi connectivity index (χ4v) is 1.86. The van der Waals surface area contributed by atoms with Gasteiger partial charge in [-0.3, -0.25) is 0 Å². The van der Waals surface area contributed by atoms with Crippen molar-refractivity contribution < 1.29 is 17.9 Å². The Morgan fingerprint density at radius 2 is 1.94 bits per heavy atom. The van der Waals surface area contributed by atoms with E-state index in [0.717, 1.165) is 6.26 Å². The number of amides is 1. The number of alkyl carbamates (subject to hydrolysis) is 1. The number of rotatable bonds is 7. The fraction of sp³-hybridized carbons (Fsp3) is 0.900. The van der Waals surface area contributed by atoms with Gasteiger partial charge in [-0.25, -0.2) is 17.9 Å². The lowest BCUT2D eigenvalue weighted by molar-refractivity contribution is 0.146. The van der Waals surface area contributed by atoms with Crippen molar-refractivity contribution in [1.29, 1.82) is 0 Å². The minimum atomic E-state index is -3.25. The van der Waals surface area contributed by atoms with Crippen LogP contribution in [-0.2, 0) is 14.8 Å². The fourth-order valence-electron chi connectivity index (χ4n) is 1.35. The lowest BCUT2D eigenvalue weighted by atomic mass is 10.0. The van der Waals surface area contributed by atoms with Crippen LogP contribution in [0.3, 0.4) is 0 Å². The highest BCUT2D eigenvalue weighted by atomic mass is 32.2. The molecule has 0 bridgehead atoms. The summed E-state index contributed by atoms with van der Waals surface area (Å²) in [5.41, 5.74) is 0. The van der Waals surface area contributed by atoms with E-state index >= 15 is 0 Å². The first-order valence-electron chi connectivity index (χ1n) is 5.62. The van der Waals surface area contributed by atoms with Crippen LogP contribution in [0.15, 0.2) is 0 Å². The molecule has 0 aromatic rings. The quantitative estimate of drug-likeness (QED) is 0.710. The topological polar surface area (TPSA) is 84.5 Å². The molecule has 0 radical (unpaired) electrons. The minimum absolute atomic E-state index is 0.176. The molecule has 0 aromatic heterocycles. The maximum atomic E-state index is 11.2. The molecule has 0 aromatic carbocycles. The molecule has 0 saturated carbocycles. The van der Waals surface area contributed by atoms with Gasteiger partial charge in [-0.15, -0.1) is 0 Å². The summed E-state index contributed by atoms with van der Waals surface area (Å²) >= 11 is 0. The summed E-state index contributed by atoms with van der Waals surface area (Å²) in [5, 5.41) is 2.63. The highest BCUT2D eigenvalue weighted by molar-refractivity contribution is 7.88. The van der Waals surface area contributed by atoms with Crippen molar-refractivity contribution >= 4 is 16.1 Å². The minimum Gasteiger partial charge on any atom is -0.450 e. The van der Waals surface area contributed by atoms with Gasteiger partial charge in [-0.05, 0) is 19.3 Å². The Labute approximate surface area is 103 Å². The van der Waals surface area contributed by atoms with E-state index < -0.39 is 16.1 Å². The molecule has 6 nitrogen and oxygen atoms in total. The van der Waals surface area contributed by atoms with E-state index in [1.54, 1.807) is 6.92 Å². The third-order valence-electron chi connectivity index (χ3n) is 1.95. The first kappa shape index (κ1) is 16.2. The predicted octanol–water partition coefficient (Wildman–Crippen LogP) is 0.696. The Bertz CT molecular complexity index is 327. The molecule has 102 valence electrons. The molecule has 0 saturated heterocycles. The smallest absolute Gasteiger partial charge is 0.407 e. The molecule has 0 aliphatic rings. The number of carbonyl (C=O) groups excluding carboxylic acids is 1. The van der Waals surface area contributed by atoms with Crippen molar-refractivity contribution in [2.24, 2.45) is 5.92 Å². The molecule has 7 heteroatoms. The van der Waals surface area contributed by atoms with Crippen LogP contribution < -0.4 is 10.0 Å². The van der Waals surface area contributed by atoms with Gasteiger partial charge in [0.25, 0.3) is 0 Å². The maximum Gasteiger partial charge on any atom is 0.407 e. The monoisotopic (exact) mass is 266 g/mol. The van der Waals surface area contributed by atoms with Crippen LogP contribution in [0.1, 0.15) is 27.2 Å². The first-order chi connectivity index (χ1) is 7.74. The average Bonchev–Trinajstić information content (AvgIpc) is 2.12. The molecule has 17 heavy (non-hydrogen) atoms. The van der Waals surface area contributed by atoms with Gasteiger partial charge in [0.1, 0.15) is 0 Å². The van der Waals surface area contributed by atoms with E-state index in [1.165, 1.54) is 0 Å². The molecule has 0 aliphatic heterocycles. The zero-order valence-corrected chi connectivity index (χ0v) is 11.6. The third kappa shape index (κ3) is 10.1. The summed E-state index contributed by atoms with van der Waals surface area (Å²) in [7, 11) is -3.25. The second-order valence-electron chi connectivity index (χ2n) is 4.31. The van der Waals surface area contributed by atoms with Gasteiger partial charge in [-0.1, -0.05) is 13.8 Å². The Hall–Kier alpha value is -0.820. The van der Waals surface area contributed by atoms with Gasteiger partial charge < -0.3 is 10.1 Å². The van der Waals surface area contributed by atoms with Gasteiger partial charge in [-0.2, -0.15) is 0 Å². The maximum absolute atomic E-state index is 11.2. The van der Waals surface area contributed by atoms with Gasteiger partial charge in [0.2, 0.25) is 10.0 Å². The van der Waals surface area contributed by atoms with Crippen molar-refractivity contribution in [1.82, 2.24) is 10.0 Å². The number of carbonyl (C=O) groups is 1. The molecule has 0 heterocycles. The second kappa shape index (κ2) is 7.50. The van der Waals surface area contributed by atoms with Gasteiger partial charge in [0, 0.05) is 12.6 Å². The molecule has 0 rings (SSSR count). The Morgan fingerprint density at radius 1 is 1.35 bits per heavy atom. The summed E-state index contributed by atoms with van der Waals surface area (Å²) in [6, 6.07) is -0.260. The standard InChI is InChI=1S/C10H22N2O4S/c1-5-16-10(13)12-9(6-8(2)3)7-11-17(4,14)15/h8-9,11H,5-7H2,1-4H3,(H,12,13). The van der Waals surface area contributed by atoms with E-state index in [1.807, 2.05) is 13.8 Å². The molecule has 0 fully saturated rings. The summed E-state index contributed by atoms with van der Waals surface area (Å²) < 4.78 is 29.1. The number of hydrogen-bond donors (Lipinski definition) is 2. The molecule has 1 amide bonds. The highest BCUT2D eigenvalue weighted by Gasteiger charge is 2.16. The molecule has 0 spiro atoms. The largest absolute Gasteiger partial charge is 0.450 e. The van der Waals surface area contributed by atoms with Crippen molar-refractivity contribution in [2.75, 3.05) is 19.4 Å². The van der Waals surface area contributed by atoms with Gasteiger partial charge in [0.05, 0.1) is 12.9 Å². The Balaban J connectivity index is 4.28. The zero-order valence-electron chi connectivity index (χ0n) is 10.8. The zero-order chi connectivity index (χ0) is 13.5. The van der Waals surface area contributed by atoms with Crippen LogP contribution in [0.4, 0.5) is 4.79 Å². The van der Waals surface area contributed by atoms with E-state index in [4.69, 9.17) is 4.74 Å². The van der Waals surface area contributed by atoms with E-state index in [0.29, 0.717) is 18.9 Å². The van der Waals surface area contributed by atoms with Crippen LogP contribution in [0.5, 0.6) is 0 Å². The number of ether oxygens (including phenoxy) is 1. The van der Waals surface area contributed by atoms with E-state index in [2.05, 4.69) is 10.0 Å². The summed E-state index contributed by atoms with van der Waals surface area (Å²) in [6.07, 6.45) is 1.25. The predicted molar refractivity (Wildman–Crippen MR) is 66.2 cm³/mol. The summed E-state index contributed by atoms with van der Waals surface area (Å²) in [4.78, 5) is 11.2. The van der Waals surface area contributed by atoms with Crippen molar-refractivity contribution in [3.8, 4) is 0 Å². The van der Waals surface area contributed by atoms with E-state index in [-0.39, 0.29) is 12.6 Å². The number of sulfonamides is 1. The van der Waals surface area contributed by atoms with Crippen LogP contribution in [0, 0.1) is 5.92 Å². The van der Waals surface area contributed by atoms with E-state index in [9.17, 15) is 13.2 Å². The number of nitrogens with one attached hydrogen (secondary N) is 2. The molecular formula is C10H22N2O4S. The first-order valence-corrected chi connectivity index (χ1v) is 7.51. The lowest BCUT2D eigenvalue weighted by Crippen LogP contribution is -2.44. The van der Waals surface area contributed by atoms with Crippen molar-refractivity contribution in [3.63, 3.8) is 0 Å². The van der Waals surface area contributed by atoms with Crippen molar-refractivity contribution in [2.45, 2.75) is 33.2 Å². The Kier molecular flexibility index (Phi) is 7.13. The summed E-state index contributed by atoms with van der Waals surface area (Å²) in [5.74, 6) is 0.350. The van der Waals surface area contributed by atoms with Crippen LogP contribution in [-0.4, -0.2) is 40.0 Å². The molecule has 1 atom stereocenters. The normalized spacial score (nSPS) is 13.5. The van der Waals surface area contributed by atoms with Crippen LogP contribution in [0.25, 0.3) is 0 Å². The van der Waals surface area contributed by atoms with Crippen LogP contribution >= 0.6 is 0 Å². The lowest BCUT2D eigenvalue weighted by Gasteiger charge is -2.20.